The maximum absolute atomic E-state index is 13.8. The quantitative estimate of drug-likeness (QED) is 0.0733. The Labute approximate surface area is 337 Å². The highest BCUT2D eigenvalue weighted by Crippen LogP contribution is 2.28. The predicted octanol–water partition coefficient (Wildman–Crippen LogP) is 0.564. The second-order valence-electron chi connectivity index (χ2n) is 14.7. The van der Waals surface area contributed by atoms with Crippen molar-refractivity contribution in [2.24, 2.45) is 27.7 Å². The fourth-order valence-corrected chi connectivity index (χ4v) is 6.53. The molecule has 304 valence electrons. The van der Waals surface area contributed by atoms with Crippen molar-refractivity contribution in [1.82, 2.24) is 31.6 Å². The minimum atomic E-state index is -1.81. The molecule has 2 aliphatic heterocycles. The molecular weight excluding hydrogens is 746 g/mol. The van der Waals surface area contributed by atoms with Crippen LogP contribution in [-0.2, 0) is 36.9 Å². The fourth-order valence-electron chi connectivity index (χ4n) is 6.53. The third-order valence-electron chi connectivity index (χ3n) is 9.72. The van der Waals surface area contributed by atoms with Crippen LogP contribution < -0.4 is 21.6 Å². The zero-order chi connectivity index (χ0) is 41.6. The van der Waals surface area contributed by atoms with E-state index in [-0.39, 0.29) is 60.6 Å². The first-order valence-corrected chi connectivity index (χ1v) is 19.1. The summed E-state index contributed by atoms with van der Waals surface area (Å²) in [4.78, 5) is 80.9. The lowest BCUT2D eigenvalue weighted by Gasteiger charge is -2.26. The first kappa shape index (κ1) is 43.5. The normalized spacial score (nSPS) is 19.8. The van der Waals surface area contributed by atoms with Crippen LogP contribution in [0, 0.1) is 17.8 Å². The molecule has 2 aromatic carbocycles. The standard InChI is InChI=1S/C39H48B2N8O9/c1-24(2)16-35(41(55)56)47-38(52)32(19-27-12-8-5-9-13-27)57-49-37(51)30-23-45-33-20-28(21-44-30)25(3)17-34(40(33)54)46-36(50)29(18-26-10-6-4-7-11-26)48-58-39(53)31-22-42-14-15-43-31/h4-15,20,22-25,28-29,32,34-35,48,54-56H,16-19,21H2,1-3H3,(H,46,50)(H,47,52)(H,49,51)/b44-30?,45-23-. The van der Waals surface area contributed by atoms with E-state index in [9.17, 15) is 34.3 Å². The van der Waals surface area contributed by atoms with Crippen molar-refractivity contribution in [2.45, 2.75) is 70.5 Å². The van der Waals surface area contributed by atoms with Crippen LogP contribution in [0.25, 0.3) is 0 Å². The maximum Gasteiger partial charge on any atom is 0.475 e. The van der Waals surface area contributed by atoms with Gasteiger partial charge in [0.1, 0.15) is 11.8 Å². The summed E-state index contributed by atoms with van der Waals surface area (Å²) >= 11 is 0. The number of hydrogen-bond donors (Lipinski definition) is 7. The maximum atomic E-state index is 13.8. The summed E-state index contributed by atoms with van der Waals surface area (Å²) in [5, 5.41) is 36.9. The predicted molar refractivity (Wildman–Crippen MR) is 215 cm³/mol. The highest BCUT2D eigenvalue weighted by molar-refractivity contribution is 6.63. The number of fused-ring (bicyclic) bond motifs is 1. The Bertz CT molecular complexity index is 1940. The number of rotatable bonds is 17. The monoisotopic (exact) mass is 794 g/mol. The van der Waals surface area contributed by atoms with Gasteiger partial charge in [0.2, 0.25) is 5.91 Å². The number of carbonyl (C=O) groups is 4. The number of aliphatic imine (C=N–C) groups is 2. The van der Waals surface area contributed by atoms with Crippen LogP contribution in [-0.4, -0.2) is 105 Å². The summed E-state index contributed by atoms with van der Waals surface area (Å²) in [7, 11) is -1.81. The van der Waals surface area contributed by atoms with Crippen LogP contribution in [0.15, 0.2) is 101 Å². The zero-order valence-electron chi connectivity index (χ0n) is 32.5. The molecule has 3 aromatic rings. The van der Waals surface area contributed by atoms with Crippen LogP contribution in [0.5, 0.6) is 0 Å². The topological polar surface area (TPSA) is 246 Å². The summed E-state index contributed by atoms with van der Waals surface area (Å²) in [6, 6.07) is 17.1. The van der Waals surface area contributed by atoms with Crippen LogP contribution >= 0.6 is 0 Å². The number of nitrogens with one attached hydrogen (secondary N) is 4. The molecule has 6 atom stereocenters. The molecule has 0 fully saturated rings. The van der Waals surface area contributed by atoms with Crippen molar-refractivity contribution in [3.63, 3.8) is 0 Å². The molecular formula is C39H48B2N8O9. The molecule has 2 bridgehead atoms. The number of nitrogens with zero attached hydrogens (tertiary/aromatic N) is 4. The molecule has 7 N–H and O–H groups in total. The number of benzene rings is 2. The van der Waals surface area contributed by atoms with Gasteiger partial charge in [-0.15, -0.1) is 5.48 Å². The second-order valence-corrected chi connectivity index (χ2v) is 14.7. The molecule has 0 saturated carbocycles. The Balaban J connectivity index is 1.26. The number of carbonyl (C=O) groups excluding carboxylic acids is 4. The summed E-state index contributed by atoms with van der Waals surface area (Å²) in [6.07, 6.45) is 6.50. The van der Waals surface area contributed by atoms with Gasteiger partial charge in [-0.05, 0) is 42.2 Å². The van der Waals surface area contributed by atoms with E-state index in [4.69, 9.17) is 9.68 Å². The Hall–Kier alpha value is -5.59. The summed E-state index contributed by atoms with van der Waals surface area (Å²) in [6.45, 7) is 4.55. The molecule has 3 heterocycles. The molecule has 0 spiro atoms. The molecule has 5 rings (SSSR count). The summed E-state index contributed by atoms with van der Waals surface area (Å²) in [5.74, 6) is -5.01. The first-order chi connectivity index (χ1) is 27.9. The van der Waals surface area contributed by atoms with Gasteiger partial charge in [0, 0.05) is 42.8 Å². The SMILES string of the molecule is CC(C)CC(NC(=O)C(Cc1ccccc1)ONC(=O)C1=NCC2C=C(/N=C\1)B(O)C(NC(=O)C(Cc1ccccc1)NOC(=O)c1cnccn1)CC2C)B(O)O. The van der Waals surface area contributed by atoms with Crippen LogP contribution in [0.4, 0.5) is 0 Å². The van der Waals surface area contributed by atoms with Gasteiger partial charge in [-0.1, -0.05) is 87.5 Å². The van der Waals surface area contributed by atoms with Crippen LogP contribution in [0.2, 0.25) is 0 Å². The molecule has 0 aliphatic carbocycles. The van der Waals surface area contributed by atoms with Gasteiger partial charge >= 0.3 is 20.0 Å². The van der Waals surface area contributed by atoms with Crippen molar-refractivity contribution in [3.05, 3.63) is 108 Å². The molecule has 6 unspecified atom stereocenters. The largest absolute Gasteiger partial charge is 0.475 e. The average Bonchev–Trinajstić information content (AvgIpc) is 3.32. The third kappa shape index (κ3) is 12.7. The zero-order valence-corrected chi connectivity index (χ0v) is 32.5. The van der Waals surface area contributed by atoms with Crippen LogP contribution in [0.1, 0.15) is 55.2 Å². The van der Waals surface area contributed by atoms with E-state index in [0.29, 0.717) is 6.42 Å². The average molecular weight is 794 g/mol. The molecule has 2 aliphatic rings. The van der Waals surface area contributed by atoms with E-state index < -0.39 is 61.8 Å². The number of hydroxylamine groups is 2. The van der Waals surface area contributed by atoms with Crippen LogP contribution in [0.3, 0.4) is 0 Å². The number of hydrogen-bond acceptors (Lipinski definition) is 14. The van der Waals surface area contributed by atoms with Crippen molar-refractivity contribution in [3.8, 4) is 0 Å². The van der Waals surface area contributed by atoms with E-state index in [0.717, 1.165) is 11.1 Å². The highest BCUT2D eigenvalue weighted by Gasteiger charge is 2.39. The lowest BCUT2D eigenvalue weighted by molar-refractivity contribution is -0.145. The van der Waals surface area contributed by atoms with Crippen molar-refractivity contribution < 1.29 is 43.9 Å². The summed E-state index contributed by atoms with van der Waals surface area (Å²) in [5.41, 5.74) is 6.42. The van der Waals surface area contributed by atoms with Gasteiger partial charge in [0.05, 0.1) is 18.4 Å². The van der Waals surface area contributed by atoms with Crippen molar-refractivity contribution >= 4 is 49.7 Å². The molecule has 3 amide bonds. The highest BCUT2D eigenvalue weighted by atomic mass is 16.7. The van der Waals surface area contributed by atoms with Crippen molar-refractivity contribution in [2.75, 3.05) is 6.54 Å². The molecule has 1 aromatic heterocycles. The minimum Gasteiger partial charge on any atom is -0.444 e. The Morgan fingerprint density at radius 1 is 0.966 bits per heavy atom. The molecule has 17 nitrogen and oxygen atoms in total. The molecule has 0 radical (unpaired) electrons. The van der Waals surface area contributed by atoms with Gasteiger partial charge in [-0.3, -0.25) is 34.2 Å². The van der Waals surface area contributed by atoms with E-state index in [1.165, 1.54) is 24.8 Å². The number of aromatic nitrogens is 2. The third-order valence-corrected chi connectivity index (χ3v) is 9.72. The smallest absolute Gasteiger partial charge is 0.444 e. The van der Waals surface area contributed by atoms with Gasteiger partial charge in [0.15, 0.2) is 11.8 Å². The Kier molecular flexibility index (Phi) is 15.9. The van der Waals surface area contributed by atoms with E-state index >= 15 is 0 Å². The van der Waals surface area contributed by atoms with E-state index in [2.05, 4.69) is 41.5 Å². The molecule has 19 heteroatoms. The second kappa shape index (κ2) is 21.2. The van der Waals surface area contributed by atoms with E-state index in [1.54, 1.807) is 30.3 Å². The Morgan fingerprint density at radius 3 is 2.29 bits per heavy atom. The lowest BCUT2D eigenvalue weighted by Crippen LogP contribution is -2.54. The summed E-state index contributed by atoms with van der Waals surface area (Å²) < 4.78 is 0. The minimum absolute atomic E-state index is 0.0462. The van der Waals surface area contributed by atoms with Gasteiger partial charge in [-0.25, -0.2) is 15.3 Å². The molecule has 58 heavy (non-hydrogen) atoms. The van der Waals surface area contributed by atoms with Gasteiger partial charge < -0.3 is 30.5 Å². The van der Waals surface area contributed by atoms with E-state index in [1.807, 2.05) is 57.2 Å². The fraction of sp³-hybridized carbons (Fsp3) is 0.385. The Morgan fingerprint density at radius 2 is 1.66 bits per heavy atom. The van der Waals surface area contributed by atoms with Crippen molar-refractivity contribution in [1.29, 1.82) is 0 Å². The lowest BCUT2D eigenvalue weighted by atomic mass is 9.56. The first-order valence-electron chi connectivity index (χ1n) is 19.1. The van der Waals surface area contributed by atoms with Gasteiger partial charge in [-0.2, -0.15) is 0 Å². The van der Waals surface area contributed by atoms with Gasteiger partial charge in [0.25, 0.3) is 11.8 Å². The number of amides is 3. The molecule has 0 saturated heterocycles.